The molecule has 1 heterocycles. The van der Waals surface area contributed by atoms with Crippen molar-refractivity contribution in [2.24, 2.45) is 5.92 Å². The standard InChI is InChI=1S/C17H28N2O/c1-13(2)17(19-9-4-5-10-19)12-18-14(3)15-7-6-8-16(20)11-15/h6-8,11,13-14,17-18,20H,4-5,9-10,12H2,1-3H3. The number of hydrogen-bond donors (Lipinski definition) is 2. The van der Waals surface area contributed by atoms with Crippen LogP contribution >= 0.6 is 0 Å². The Kier molecular flexibility index (Phi) is 5.44. The van der Waals surface area contributed by atoms with Crippen LogP contribution in [0.2, 0.25) is 0 Å². The van der Waals surface area contributed by atoms with E-state index in [2.05, 4.69) is 37.1 Å². The van der Waals surface area contributed by atoms with Crippen LogP contribution in [0, 0.1) is 5.92 Å². The van der Waals surface area contributed by atoms with Gasteiger partial charge in [-0.2, -0.15) is 0 Å². The van der Waals surface area contributed by atoms with E-state index in [-0.39, 0.29) is 6.04 Å². The molecule has 2 atom stereocenters. The summed E-state index contributed by atoms with van der Waals surface area (Å²) in [6.45, 7) is 10.3. The number of nitrogens with zero attached hydrogens (tertiary/aromatic N) is 1. The predicted molar refractivity (Wildman–Crippen MR) is 84.0 cm³/mol. The highest BCUT2D eigenvalue weighted by Gasteiger charge is 2.24. The van der Waals surface area contributed by atoms with Gasteiger partial charge in [0.1, 0.15) is 5.75 Å². The second-order valence-corrected chi connectivity index (χ2v) is 6.28. The predicted octanol–water partition coefficient (Wildman–Crippen LogP) is 3.16. The van der Waals surface area contributed by atoms with Crippen LogP contribution in [0.15, 0.2) is 24.3 Å². The van der Waals surface area contributed by atoms with Crippen LogP contribution < -0.4 is 5.32 Å². The van der Waals surface area contributed by atoms with E-state index in [1.165, 1.54) is 25.9 Å². The average Bonchev–Trinajstić information content (AvgIpc) is 2.92. The van der Waals surface area contributed by atoms with Gasteiger partial charge in [-0.15, -0.1) is 0 Å². The average molecular weight is 276 g/mol. The van der Waals surface area contributed by atoms with Crippen LogP contribution in [0.1, 0.15) is 45.2 Å². The van der Waals surface area contributed by atoms with Crippen LogP contribution in [0.5, 0.6) is 5.75 Å². The van der Waals surface area contributed by atoms with Crippen LogP contribution in [0.4, 0.5) is 0 Å². The number of benzene rings is 1. The summed E-state index contributed by atoms with van der Waals surface area (Å²) in [6, 6.07) is 8.42. The fraction of sp³-hybridized carbons (Fsp3) is 0.647. The SMILES string of the molecule is CC(NCC(C(C)C)N1CCCC1)c1cccc(O)c1. The van der Waals surface area contributed by atoms with Crippen molar-refractivity contribution in [3.63, 3.8) is 0 Å². The molecule has 0 saturated carbocycles. The highest BCUT2D eigenvalue weighted by molar-refractivity contribution is 5.29. The van der Waals surface area contributed by atoms with Gasteiger partial charge >= 0.3 is 0 Å². The largest absolute Gasteiger partial charge is 0.508 e. The first-order valence-electron chi connectivity index (χ1n) is 7.84. The fourth-order valence-corrected chi connectivity index (χ4v) is 3.07. The quantitative estimate of drug-likeness (QED) is 0.838. The molecule has 0 spiro atoms. The fourth-order valence-electron chi connectivity index (χ4n) is 3.07. The Morgan fingerprint density at radius 2 is 1.90 bits per heavy atom. The zero-order valence-electron chi connectivity index (χ0n) is 13.0. The van der Waals surface area contributed by atoms with E-state index in [9.17, 15) is 5.11 Å². The Bertz CT molecular complexity index is 413. The molecule has 1 fully saturated rings. The monoisotopic (exact) mass is 276 g/mol. The van der Waals surface area contributed by atoms with E-state index < -0.39 is 0 Å². The van der Waals surface area contributed by atoms with Crippen molar-refractivity contribution >= 4 is 0 Å². The number of nitrogens with one attached hydrogen (secondary N) is 1. The Morgan fingerprint density at radius 1 is 1.20 bits per heavy atom. The van der Waals surface area contributed by atoms with Crippen molar-refractivity contribution in [3.05, 3.63) is 29.8 Å². The molecule has 0 aliphatic carbocycles. The van der Waals surface area contributed by atoms with Gasteiger partial charge in [0.25, 0.3) is 0 Å². The minimum atomic E-state index is 0.269. The lowest BCUT2D eigenvalue weighted by atomic mass is 10.0. The van der Waals surface area contributed by atoms with Gasteiger partial charge in [-0.25, -0.2) is 0 Å². The van der Waals surface area contributed by atoms with Gasteiger partial charge in [-0.05, 0) is 56.5 Å². The van der Waals surface area contributed by atoms with Crippen LogP contribution in [0.25, 0.3) is 0 Å². The molecule has 2 rings (SSSR count). The first-order valence-corrected chi connectivity index (χ1v) is 7.84. The summed E-state index contributed by atoms with van der Waals surface area (Å²) in [5.41, 5.74) is 1.15. The smallest absolute Gasteiger partial charge is 0.115 e. The summed E-state index contributed by atoms with van der Waals surface area (Å²) in [5.74, 6) is 1.01. The Hall–Kier alpha value is -1.06. The maximum Gasteiger partial charge on any atom is 0.115 e. The summed E-state index contributed by atoms with van der Waals surface area (Å²) < 4.78 is 0. The van der Waals surface area contributed by atoms with Gasteiger partial charge in [0.15, 0.2) is 0 Å². The van der Waals surface area contributed by atoms with Gasteiger partial charge in [-0.1, -0.05) is 26.0 Å². The third-order valence-electron chi connectivity index (χ3n) is 4.38. The molecule has 3 nitrogen and oxygen atoms in total. The lowest BCUT2D eigenvalue weighted by Gasteiger charge is -2.32. The van der Waals surface area contributed by atoms with Crippen molar-refractivity contribution in [2.45, 2.75) is 45.7 Å². The lowest BCUT2D eigenvalue weighted by Crippen LogP contribution is -2.44. The normalized spacial score (nSPS) is 19.4. The first-order chi connectivity index (χ1) is 9.58. The summed E-state index contributed by atoms with van der Waals surface area (Å²) in [4.78, 5) is 2.62. The molecule has 3 heteroatoms. The molecule has 2 N–H and O–H groups in total. The van der Waals surface area contributed by atoms with Crippen molar-refractivity contribution < 1.29 is 5.11 Å². The number of aromatic hydroxyl groups is 1. The zero-order chi connectivity index (χ0) is 14.5. The second-order valence-electron chi connectivity index (χ2n) is 6.28. The van der Waals surface area contributed by atoms with Crippen LogP contribution in [-0.2, 0) is 0 Å². The second kappa shape index (κ2) is 7.09. The molecule has 1 aromatic rings. The molecular formula is C17H28N2O. The third kappa shape index (κ3) is 3.97. The minimum Gasteiger partial charge on any atom is -0.508 e. The van der Waals surface area contributed by atoms with Crippen LogP contribution in [0.3, 0.4) is 0 Å². The van der Waals surface area contributed by atoms with Crippen molar-refractivity contribution in [3.8, 4) is 5.75 Å². The summed E-state index contributed by atoms with van der Waals surface area (Å²) in [7, 11) is 0. The zero-order valence-corrected chi connectivity index (χ0v) is 13.0. The maximum atomic E-state index is 9.56. The minimum absolute atomic E-state index is 0.269. The molecule has 20 heavy (non-hydrogen) atoms. The molecule has 0 bridgehead atoms. The van der Waals surface area contributed by atoms with Gasteiger partial charge < -0.3 is 10.4 Å². The molecule has 0 radical (unpaired) electrons. The van der Waals surface area contributed by atoms with Gasteiger partial charge in [0, 0.05) is 18.6 Å². The van der Waals surface area contributed by atoms with Crippen molar-refractivity contribution in [2.75, 3.05) is 19.6 Å². The first kappa shape index (κ1) is 15.3. The molecule has 1 saturated heterocycles. The van der Waals surface area contributed by atoms with E-state index >= 15 is 0 Å². The van der Waals surface area contributed by atoms with E-state index in [1.54, 1.807) is 6.07 Å². The highest BCUT2D eigenvalue weighted by atomic mass is 16.3. The molecule has 112 valence electrons. The van der Waals surface area contributed by atoms with Crippen LogP contribution in [-0.4, -0.2) is 35.7 Å². The van der Waals surface area contributed by atoms with Gasteiger partial charge in [0.05, 0.1) is 0 Å². The topological polar surface area (TPSA) is 35.5 Å². The van der Waals surface area contributed by atoms with E-state index in [4.69, 9.17) is 0 Å². The lowest BCUT2D eigenvalue weighted by molar-refractivity contribution is 0.183. The number of rotatable bonds is 6. The molecule has 0 amide bonds. The molecule has 1 aliphatic heterocycles. The van der Waals surface area contributed by atoms with Crippen molar-refractivity contribution in [1.29, 1.82) is 0 Å². The summed E-state index contributed by atoms with van der Waals surface area (Å²) in [6.07, 6.45) is 2.68. The number of likely N-dealkylation sites (tertiary alicyclic amines) is 1. The number of hydrogen-bond acceptors (Lipinski definition) is 3. The summed E-state index contributed by atoms with van der Waals surface area (Å²) in [5, 5.41) is 13.2. The molecular weight excluding hydrogens is 248 g/mol. The van der Waals surface area contributed by atoms with Gasteiger partial charge in [-0.3, -0.25) is 4.90 Å². The Morgan fingerprint density at radius 3 is 2.50 bits per heavy atom. The van der Waals surface area contributed by atoms with Gasteiger partial charge in [0.2, 0.25) is 0 Å². The van der Waals surface area contributed by atoms with E-state index in [1.807, 2.05) is 12.1 Å². The van der Waals surface area contributed by atoms with E-state index in [0.29, 0.717) is 17.7 Å². The Balaban J connectivity index is 1.91. The molecule has 1 aromatic carbocycles. The Labute approximate surface area is 123 Å². The van der Waals surface area contributed by atoms with E-state index in [0.717, 1.165) is 12.1 Å². The number of phenols is 1. The third-order valence-corrected chi connectivity index (χ3v) is 4.38. The molecule has 0 aromatic heterocycles. The van der Waals surface area contributed by atoms with Crippen molar-refractivity contribution in [1.82, 2.24) is 10.2 Å². The molecule has 1 aliphatic rings. The maximum absolute atomic E-state index is 9.56. The summed E-state index contributed by atoms with van der Waals surface area (Å²) >= 11 is 0. The highest BCUT2D eigenvalue weighted by Crippen LogP contribution is 2.20. The number of phenolic OH excluding ortho intramolecular Hbond substituents is 1. The molecule has 2 unspecified atom stereocenters.